The molecule has 15 heavy (non-hydrogen) atoms. The Hall–Kier alpha value is -0.630. The summed E-state index contributed by atoms with van der Waals surface area (Å²) in [4.78, 5) is 0. The normalized spacial score (nSPS) is 14.0. The van der Waals surface area contributed by atoms with E-state index in [1.54, 1.807) is 6.07 Å². The second kappa shape index (κ2) is 4.48. The first-order valence-corrected chi connectivity index (χ1v) is 5.36. The molecule has 0 aliphatic carbocycles. The van der Waals surface area contributed by atoms with Crippen molar-refractivity contribution in [3.05, 3.63) is 35.4 Å². The fourth-order valence-electron chi connectivity index (χ4n) is 1.74. The molecule has 0 saturated carbocycles. The number of alkyl halides is 1. The van der Waals surface area contributed by atoms with Crippen LogP contribution in [0.1, 0.15) is 32.8 Å². The van der Waals surface area contributed by atoms with Crippen molar-refractivity contribution in [1.82, 2.24) is 0 Å². The van der Waals surface area contributed by atoms with Crippen LogP contribution < -0.4 is 0 Å². The lowest BCUT2D eigenvalue weighted by Crippen LogP contribution is -2.21. The summed E-state index contributed by atoms with van der Waals surface area (Å²) in [6.45, 7) is 5.83. The first-order valence-electron chi connectivity index (χ1n) is 4.92. The Kier molecular flexibility index (Phi) is 3.72. The molecule has 0 N–H and O–H groups in total. The van der Waals surface area contributed by atoms with Gasteiger partial charge in [-0.2, -0.15) is 0 Å². The molecule has 0 spiro atoms. The van der Waals surface area contributed by atoms with Gasteiger partial charge in [0.05, 0.1) is 0 Å². The van der Waals surface area contributed by atoms with Gasteiger partial charge in [-0.15, -0.1) is 11.6 Å². The summed E-state index contributed by atoms with van der Waals surface area (Å²) >= 11 is 5.92. The molecule has 0 radical (unpaired) electrons. The van der Waals surface area contributed by atoms with Gasteiger partial charge in [-0.1, -0.05) is 19.9 Å². The van der Waals surface area contributed by atoms with Crippen LogP contribution in [0.15, 0.2) is 18.2 Å². The molecular weight excluding hydrogens is 218 g/mol. The summed E-state index contributed by atoms with van der Waals surface area (Å²) < 4.78 is 25.8. The van der Waals surface area contributed by atoms with E-state index in [1.807, 2.05) is 20.8 Å². The SMILES string of the molecule is CC(Cl)CC(C)(C)c1ccc(F)c(F)c1. The topological polar surface area (TPSA) is 0 Å². The van der Waals surface area contributed by atoms with E-state index in [-0.39, 0.29) is 10.8 Å². The van der Waals surface area contributed by atoms with Crippen LogP contribution >= 0.6 is 11.6 Å². The average Bonchev–Trinajstić information content (AvgIpc) is 2.07. The van der Waals surface area contributed by atoms with Crippen molar-refractivity contribution >= 4 is 11.6 Å². The Morgan fingerprint density at radius 3 is 2.33 bits per heavy atom. The van der Waals surface area contributed by atoms with Gasteiger partial charge in [-0.3, -0.25) is 0 Å². The van der Waals surface area contributed by atoms with E-state index in [1.165, 1.54) is 6.07 Å². The number of rotatable bonds is 3. The molecule has 0 saturated heterocycles. The van der Waals surface area contributed by atoms with Gasteiger partial charge in [0.1, 0.15) is 0 Å². The minimum atomic E-state index is -0.812. The van der Waals surface area contributed by atoms with Crippen LogP contribution in [0.25, 0.3) is 0 Å². The quantitative estimate of drug-likeness (QED) is 0.683. The van der Waals surface area contributed by atoms with Crippen molar-refractivity contribution in [2.45, 2.75) is 38.0 Å². The molecule has 0 aliphatic rings. The van der Waals surface area contributed by atoms with Gasteiger partial charge in [0.15, 0.2) is 11.6 Å². The van der Waals surface area contributed by atoms with Crippen molar-refractivity contribution in [3.8, 4) is 0 Å². The smallest absolute Gasteiger partial charge is 0.159 e. The van der Waals surface area contributed by atoms with Crippen molar-refractivity contribution in [2.24, 2.45) is 0 Å². The van der Waals surface area contributed by atoms with E-state index < -0.39 is 11.6 Å². The second-order valence-electron chi connectivity index (χ2n) is 4.50. The van der Waals surface area contributed by atoms with E-state index in [0.717, 1.165) is 18.1 Å². The number of halogens is 3. The number of benzene rings is 1. The summed E-state index contributed by atoms with van der Waals surface area (Å²) in [5.41, 5.74) is 0.532. The van der Waals surface area contributed by atoms with Gasteiger partial charge in [-0.25, -0.2) is 8.78 Å². The highest BCUT2D eigenvalue weighted by molar-refractivity contribution is 6.20. The maximum absolute atomic E-state index is 13.0. The third kappa shape index (κ3) is 3.16. The molecule has 0 aromatic heterocycles. The minimum Gasteiger partial charge on any atom is -0.204 e. The average molecular weight is 233 g/mol. The van der Waals surface area contributed by atoms with Crippen molar-refractivity contribution in [1.29, 1.82) is 0 Å². The number of hydrogen-bond acceptors (Lipinski definition) is 0. The molecule has 0 fully saturated rings. The lowest BCUT2D eigenvalue weighted by molar-refractivity contribution is 0.462. The molecule has 0 heterocycles. The Morgan fingerprint density at radius 1 is 1.27 bits per heavy atom. The zero-order valence-electron chi connectivity index (χ0n) is 9.15. The molecule has 1 aromatic carbocycles. The van der Waals surface area contributed by atoms with Gasteiger partial charge >= 0.3 is 0 Å². The van der Waals surface area contributed by atoms with Gasteiger partial charge in [0.25, 0.3) is 0 Å². The highest BCUT2D eigenvalue weighted by atomic mass is 35.5. The van der Waals surface area contributed by atoms with E-state index >= 15 is 0 Å². The summed E-state index contributed by atoms with van der Waals surface area (Å²) in [5, 5.41) is 0.00751. The molecule has 0 amide bonds. The van der Waals surface area contributed by atoms with E-state index in [0.29, 0.717) is 0 Å². The third-order valence-corrected chi connectivity index (χ3v) is 2.65. The largest absolute Gasteiger partial charge is 0.204 e. The maximum Gasteiger partial charge on any atom is 0.159 e. The molecule has 84 valence electrons. The molecule has 0 bridgehead atoms. The summed E-state index contributed by atoms with van der Waals surface area (Å²) in [6, 6.07) is 4.01. The highest BCUT2D eigenvalue weighted by Crippen LogP contribution is 2.30. The monoisotopic (exact) mass is 232 g/mol. The molecule has 1 unspecified atom stereocenters. The van der Waals surface area contributed by atoms with E-state index in [2.05, 4.69) is 0 Å². The Balaban J connectivity index is 2.99. The Labute approximate surface area is 94.3 Å². The van der Waals surface area contributed by atoms with Gasteiger partial charge in [0, 0.05) is 5.38 Å². The van der Waals surface area contributed by atoms with Crippen LogP contribution in [0.2, 0.25) is 0 Å². The predicted octanol–water partition coefficient (Wildman–Crippen LogP) is 4.26. The molecule has 1 atom stereocenters. The first kappa shape index (κ1) is 12.4. The van der Waals surface area contributed by atoms with E-state index in [9.17, 15) is 8.78 Å². The van der Waals surface area contributed by atoms with Crippen LogP contribution in [0, 0.1) is 11.6 Å². The van der Waals surface area contributed by atoms with Crippen LogP contribution in [0.5, 0.6) is 0 Å². The van der Waals surface area contributed by atoms with Crippen molar-refractivity contribution < 1.29 is 8.78 Å². The summed E-state index contributed by atoms with van der Waals surface area (Å²) in [5.74, 6) is -1.61. The maximum atomic E-state index is 13.0. The van der Waals surface area contributed by atoms with Gasteiger partial charge in [-0.05, 0) is 36.5 Å². The minimum absolute atomic E-state index is 0.00751. The van der Waals surface area contributed by atoms with E-state index in [4.69, 9.17) is 11.6 Å². The fourth-order valence-corrected chi connectivity index (χ4v) is 2.12. The molecule has 0 nitrogen and oxygen atoms in total. The zero-order valence-corrected chi connectivity index (χ0v) is 9.91. The molecule has 1 rings (SSSR count). The lowest BCUT2D eigenvalue weighted by Gasteiger charge is -2.26. The van der Waals surface area contributed by atoms with Crippen LogP contribution in [0.3, 0.4) is 0 Å². The lowest BCUT2D eigenvalue weighted by atomic mass is 9.80. The predicted molar refractivity (Wildman–Crippen MR) is 59.3 cm³/mol. The van der Waals surface area contributed by atoms with Crippen molar-refractivity contribution in [2.75, 3.05) is 0 Å². The molecular formula is C12H15ClF2. The Morgan fingerprint density at radius 2 is 1.87 bits per heavy atom. The van der Waals surface area contributed by atoms with Crippen LogP contribution in [0.4, 0.5) is 8.78 Å². The molecule has 1 aromatic rings. The fraction of sp³-hybridized carbons (Fsp3) is 0.500. The third-order valence-electron chi connectivity index (χ3n) is 2.49. The summed E-state index contributed by atoms with van der Waals surface area (Å²) in [6.07, 6.45) is 0.722. The first-order chi connectivity index (χ1) is 6.83. The molecule has 0 aliphatic heterocycles. The van der Waals surface area contributed by atoms with Crippen LogP contribution in [-0.4, -0.2) is 5.38 Å². The molecule has 3 heteroatoms. The summed E-state index contributed by atoms with van der Waals surface area (Å²) in [7, 11) is 0. The zero-order chi connectivity index (χ0) is 11.6. The van der Waals surface area contributed by atoms with Crippen molar-refractivity contribution in [3.63, 3.8) is 0 Å². The Bertz CT molecular complexity index is 345. The number of hydrogen-bond donors (Lipinski definition) is 0. The van der Waals surface area contributed by atoms with Gasteiger partial charge in [0.2, 0.25) is 0 Å². The second-order valence-corrected chi connectivity index (χ2v) is 5.24. The standard InChI is InChI=1S/C12H15ClF2/c1-8(13)7-12(2,3)9-4-5-10(14)11(15)6-9/h4-6,8H,7H2,1-3H3. The van der Waals surface area contributed by atoms with Crippen LogP contribution in [-0.2, 0) is 5.41 Å². The highest BCUT2D eigenvalue weighted by Gasteiger charge is 2.23. The van der Waals surface area contributed by atoms with Gasteiger partial charge < -0.3 is 0 Å².